The van der Waals surface area contributed by atoms with Gasteiger partial charge in [0.15, 0.2) is 0 Å². The van der Waals surface area contributed by atoms with Crippen LogP contribution >= 0.6 is 0 Å². The lowest BCUT2D eigenvalue weighted by Crippen LogP contribution is -2.46. The number of benzene rings is 3. The molecule has 0 spiro atoms. The van der Waals surface area contributed by atoms with Crippen LogP contribution in [0.5, 0.6) is 0 Å². The summed E-state index contributed by atoms with van der Waals surface area (Å²) in [5, 5.41) is 5.30. The van der Waals surface area contributed by atoms with E-state index in [9.17, 15) is 13.2 Å². The summed E-state index contributed by atoms with van der Waals surface area (Å²) < 4.78 is 27.2. The highest BCUT2D eigenvalue weighted by Gasteiger charge is 2.39. The standard InChI is InChI=1S/C23H24N2O3S/c26-23(24-16-15-19-10-6-9-18-8-4-5-13-21(18)19)22-14-7-17-25(22)29(27,28)20-11-2-1-3-12-20/h1-6,8-13,22H,7,14-17H2,(H,24,26)/t22-/m0/s1. The molecule has 1 heterocycles. The Kier molecular flexibility index (Phi) is 5.65. The molecule has 1 N–H and O–H groups in total. The highest BCUT2D eigenvalue weighted by atomic mass is 32.2. The van der Waals surface area contributed by atoms with Crippen LogP contribution in [0.25, 0.3) is 10.8 Å². The van der Waals surface area contributed by atoms with Crippen molar-refractivity contribution < 1.29 is 13.2 Å². The molecule has 0 aliphatic carbocycles. The first-order chi connectivity index (χ1) is 14.1. The second kappa shape index (κ2) is 8.35. The van der Waals surface area contributed by atoms with Crippen molar-refractivity contribution in [3.05, 3.63) is 78.4 Å². The number of amides is 1. The quantitative estimate of drug-likeness (QED) is 0.680. The summed E-state index contributed by atoms with van der Waals surface area (Å²) in [5.74, 6) is -0.220. The second-order valence-electron chi connectivity index (χ2n) is 7.27. The topological polar surface area (TPSA) is 66.5 Å². The van der Waals surface area contributed by atoms with Crippen LogP contribution in [0.4, 0.5) is 0 Å². The first-order valence-corrected chi connectivity index (χ1v) is 11.3. The van der Waals surface area contributed by atoms with Gasteiger partial charge in [-0.15, -0.1) is 0 Å². The van der Waals surface area contributed by atoms with Crippen molar-refractivity contribution in [2.24, 2.45) is 0 Å². The predicted molar refractivity (Wildman–Crippen MR) is 114 cm³/mol. The molecule has 1 aliphatic heterocycles. The molecule has 5 nitrogen and oxygen atoms in total. The largest absolute Gasteiger partial charge is 0.354 e. The van der Waals surface area contributed by atoms with E-state index in [-0.39, 0.29) is 10.8 Å². The Hall–Kier alpha value is -2.70. The summed E-state index contributed by atoms with van der Waals surface area (Å²) >= 11 is 0. The van der Waals surface area contributed by atoms with E-state index in [0.717, 1.165) is 0 Å². The van der Waals surface area contributed by atoms with Gasteiger partial charge in [-0.3, -0.25) is 4.79 Å². The number of fused-ring (bicyclic) bond motifs is 1. The van der Waals surface area contributed by atoms with Crippen molar-refractivity contribution in [3.8, 4) is 0 Å². The number of carbonyl (C=O) groups is 1. The molecule has 0 aromatic heterocycles. The molecule has 1 saturated heterocycles. The van der Waals surface area contributed by atoms with E-state index < -0.39 is 16.1 Å². The number of hydrogen-bond acceptors (Lipinski definition) is 3. The van der Waals surface area contributed by atoms with Gasteiger partial charge in [-0.05, 0) is 47.7 Å². The molecule has 4 rings (SSSR count). The summed E-state index contributed by atoms with van der Waals surface area (Å²) in [4.78, 5) is 13.0. The normalized spacial score (nSPS) is 17.4. The van der Waals surface area contributed by atoms with Gasteiger partial charge in [0.2, 0.25) is 15.9 Å². The minimum Gasteiger partial charge on any atom is -0.354 e. The third-order valence-electron chi connectivity index (χ3n) is 5.43. The molecule has 1 amide bonds. The number of rotatable bonds is 6. The molecule has 0 radical (unpaired) electrons. The molecule has 6 heteroatoms. The molecular weight excluding hydrogens is 384 g/mol. The first kappa shape index (κ1) is 19.6. The predicted octanol–water partition coefficient (Wildman–Crippen LogP) is 3.35. The Morgan fingerprint density at radius 3 is 2.52 bits per heavy atom. The number of hydrogen-bond donors (Lipinski definition) is 1. The van der Waals surface area contributed by atoms with E-state index in [0.29, 0.717) is 32.4 Å². The van der Waals surface area contributed by atoms with Crippen molar-refractivity contribution in [1.29, 1.82) is 0 Å². The van der Waals surface area contributed by atoms with Gasteiger partial charge >= 0.3 is 0 Å². The molecule has 1 atom stereocenters. The molecule has 0 bridgehead atoms. The van der Waals surface area contributed by atoms with Gasteiger partial charge in [-0.1, -0.05) is 60.7 Å². The van der Waals surface area contributed by atoms with Crippen LogP contribution in [0.2, 0.25) is 0 Å². The van der Waals surface area contributed by atoms with Crippen LogP contribution in [0.1, 0.15) is 18.4 Å². The molecule has 3 aromatic carbocycles. The van der Waals surface area contributed by atoms with Crippen molar-refractivity contribution in [2.45, 2.75) is 30.2 Å². The van der Waals surface area contributed by atoms with Crippen LogP contribution in [0.3, 0.4) is 0 Å². The Morgan fingerprint density at radius 1 is 0.966 bits per heavy atom. The number of nitrogens with zero attached hydrogens (tertiary/aromatic N) is 1. The molecule has 0 unspecified atom stereocenters. The van der Waals surface area contributed by atoms with Crippen LogP contribution in [0, 0.1) is 0 Å². The molecule has 0 saturated carbocycles. The van der Waals surface area contributed by atoms with E-state index in [2.05, 4.69) is 29.6 Å². The van der Waals surface area contributed by atoms with Crippen molar-refractivity contribution in [1.82, 2.24) is 9.62 Å². The molecule has 3 aromatic rings. The van der Waals surface area contributed by atoms with Crippen molar-refractivity contribution in [3.63, 3.8) is 0 Å². The Morgan fingerprint density at radius 2 is 1.69 bits per heavy atom. The fourth-order valence-corrected chi connectivity index (χ4v) is 5.64. The van der Waals surface area contributed by atoms with Gasteiger partial charge in [-0.25, -0.2) is 8.42 Å². The highest BCUT2D eigenvalue weighted by molar-refractivity contribution is 7.89. The van der Waals surface area contributed by atoms with Gasteiger partial charge in [0.05, 0.1) is 4.90 Å². The van der Waals surface area contributed by atoms with Gasteiger partial charge < -0.3 is 5.32 Å². The molecular formula is C23H24N2O3S. The maximum absolute atomic E-state index is 12.9. The molecule has 1 fully saturated rings. The lowest BCUT2D eigenvalue weighted by molar-refractivity contribution is -0.124. The Balaban J connectivity index is 1.43. The fraction of sp³-hybridized carbons (Fsp3) is 0.261. The number of sulfonamides is 1. The van der Waals surface area contributed by atoms with E-state index in [1.165, 1.54) is 20.6 Å². The summed E-state index contributed by atoms with van der Waals surface area (Å²) in [5.41, 5.74) is 1.17. The third kappa shape index (κ3) is 4.04. The van der Waals surface area contributed by atoms with Crippen molar-refractivity contribution in [2.75, 3.05) is 13.1 Å². The van der Waals surface area contributed by atoms with E-state index in [1.54, 1.807) is 30.3 Å². The van der Waals surface area contributed by atoms with E-state index >= 15 is 0 Å². The zero-order valence-electron chi connectivity index (χ0n) is 16.1. The van der Waals surface area contributed by atoms with Gasteiger partial charge in [-0.2, -0.15) is 4.31 Å². The average molecular weight is 409 g/mol. The Bertz CT molecular complexity index is 1110. The van der Waals surface area contributed by atoms with Gasteiger partial charge in [0.1, 0.15) is 6.04 Å². The zero-order chi connectivity index (χ0) is 20.3. The average Bonchev–Trinajstić information content (AvgIpc) is 3.25. The fourth-order valence-electron chi connectivity index (χ4n) is 3.97. The maximum atomic E-state index is 12.9. The summed E-state index contributed by atoms with van der Waals surface area (Å²) in [7, 11) is -3.67. The monoisotopic (exact) mass is 408 g/mol. The lowest BCUT2D eigenvalue weighted by Gasteiger charge is -2.23. The number of nitrogens with one attached hydrogen (secondary N) is 1. The smallest absolute Gasteiger partial charge is 0.243 e. The van der Waals surface area contributed by atoms with Crippen LogP contribution < -0.4 is 5.32 Å². The Labute approximate surface area is 171 Å². The maximum Gasteiger partial charge on any atom is 0.243 e. The second-order valence-corrected chi connectivity index (χ2v) is 9.16. The minimum absolute atomic E-state index is 0.220. The molecule has 150 valence electrons. The van der Waals surface area contributed by atoms with Gasteiger partial charge in [0.25, 0.3) is 0 Å². The molecule has 29 heavy (non-hydrogen) atoms. The summed E-state index contributed by atoms with van der Waals surface area (Å²) in [6.45, 7) is 0.848. The van der Waals surface area contributed by atoms with Crippen LogP contribution in [-0.2, 0) is 21.2 Å². The van der Waals surface area contributed by atoms with Crippen molar-refractivity contribution >= 4 is 26.7 Å². The van der Waals surface area contributed by atoms with Crippen LogP contribution in [-0.4, -0.2) is 37.8 Å². The van der Waals surface area contributed by atoms with E-state index in [4.69, 9.17) is 0 Å². The summed E-state index contributed by atoms with van der Waals surface area (Å²) in [6, 6.07) is 22.0. The third-order valence-corrected chi connectivity index (χ3v) is 7.35. The lowest BCUT2D eigenvalue weighted by atomic mass is 10.0. The first-order valence-electron chi connectivity index (χ1n) is 9.88. The highest BCUT2D eigenvalue weighted by Crippen LogP contribution is 2.26. The SMILES string of the molecule is O=C(NCCc1cccc2ccccc12)[C@@H]1CCCN1S(=O)(=O)c1ccccc1. The molecule has 1 aliphatic rings. The van der Waals surface area contributed by atoms with Crippen LogP contribution in [0.15, 0.2) is 77.7 Å². The summed E-state index contributed by atoms with van der Waals surface area (Å²) in [6.07, 6.45) is 1.94. The minimum atomic E-state index is -3.67. The van der Waals surface area contributed by atoms with E-state index in [1.807, 2.05) is 18.2 Å². The van der Waals surface area contributed by atoms with Gasteiger partial charge in [0, 0.05) is 13.1 Å². The number of carbonyl (C=O) groups excluding carboxylic acids is 1. The zero-order valence-corrected chi connectivity index (χ0v) is 16.9.